The molecule has 0 spiro atoms. The first kappa shape index (κ1) is 8.02. The van der Waals surface area contributed by atoms with Crippen LogP contribution in [0.25, 0.3) is 0 Å². The van der Waals surface area contributed by atoms with Gasteiger partial charge in [-0.25, -0.2) is 0 Å². The summed E-state index contributed by atoms with van der Waals surface area (Å²) in [5, 5.41) is 0. The summed E-state index contributed by atoms with van der Waals surface area (Å²) in [6, 6.07) is 0. The maximum Gasteiger partial charge on any atom is 0.126 e. The monoisotopic (exact) mass is 178 g/mol. The molecule has 4 rings (SSSR count). The molecule has 0 saturated heterocycles. The van der Waals surface area contributed by atoms with E-state index >= 15 is 0 Å². The van der Waals surface area contributed by atoms with Gasteiger partial charge < -0.3 is 4.79 Å². The van der Waals surface area contributed by atoms with Crippen molar-refractivity contribution in [3.8, 4) is 0 Å². The lowest BCUT2D eigenvalue weighted by atomic mass is 9.45. The number of hydrogen-bond acceptors (Lipinski definition) is 1. The molecule has 1 heteroatoms. The quantitative estimate of drug-likeness (QED) is 0.564. The average molecular weight is 178 g/mol. The molecule has 0 radical (unpaired) electrons. The highest BCUT2D eigenvalue weighted by Crippen LogP contribution is 2.64. The van der Waals surface area contributed by atoms with Crippen molar-refractivity contribution in [2.24, 2.45) is 22.7 Å². The summed E-state index contributed by atoms with van der Waals surface area (Å²) in [6.07, 6.45) is 9.13. The topological polar surface area (TPSA) is 17.1 Å². The van der Waals surface area contributed by atoms with E-state index in [9.17, 15) is 4.79 Å². The van der Waals surface area contributed by atoms with Gasteiger partial charge in [-0.15, -0.1) is 0 Å². The average Bonchev–Trinajstić information content (AvgIpc) is 1.99. The molecular weight excluding hydrogens is 160 g/mol. The van der Waals surface area contributed by atoms with E-state index in [-0.39, 0.29) is 5.41 Å². The highest BCUT2D eigenvalue weighted by Gasteiger charge is 2.55. The number of hydrogen-bond donors (Lipinski definition) is 0. The molecule has 4 bridgehead atoms. The Balaban J connectivity index is 2.00. The number of carbonyl (C=O) groups excluding carboxylic acids is 1. The third-order valence-electron chi connectivity index (χ3n) is 4.65. The van der Waals surface area contributed by atoms with Crippen molar-refractivity contribution in [2.75, 3.05) is 0 Å². The Morgan fingerprint density at radius 3 is 2.23 bits per heavy atom. The van der Waals surface area contributed by atoms with Crippen molar-refractivity contribution < 1.29 is 4.79 Å². The van der Waals surface area contributed by atoms with E-state index < -0.39 is 0 Å². The van der Waals surface area contributed by atoms with Crippen LogP contribution in [0.15, 0.2) is 0 Å². The van der Waals surface area contributed by atoms with Crippen molar-refractivity contribution in [3.05, 3.63) is 0 Å². The van der Waals surface area contributed by atoms with Crippen LogP contribution in [0.5, 0.6) is 0 Å². The van der Waals surface area contributed by atoms with Crippen molar-refractivity contribution >= 4 is 6.29 Å². The Morgan fingerprint density at radius 2 is 1.77 bits per heavy atom. The fourth-order valence-electron chi connectivity index (χ4n) is 4.94. The van der Waals surface area contributed by atoms with Crippen LogP contribution in [-0.4, -0.2) is 6.29 Å². The van der Waals surface area contributed by atoms with Crippen LogP contribution in [0.4, 0.5) is 0 Å². The summed E-state index contributed by atoms with van der Waals surface area (Å²) < 4.78 is 0. The molecule has 0 aromatic rings. The maximum absolute atomic E-state index is 11.2. The zero-order valence-corrected chi connectivity index (χ0v) is 8.38. The molecule has 4 aliphatic rings. The summed E-state index contributed by atoms with van der Waals surface area (Å²) in [5.74, 6) is 1.77. The van der Waals surface area contributed by atoms with Gasteiger partial charge in [-0.1, -0.05) is 6.92 Å². The highest BCUT2D eigenvalue weighted by molar-refractivity contribution is 5.60. The molecule has 0 aromatic carbocycles. The molecule has 2 unspecified atom stereocenters. The zero-order chi connectivity index (χ0) is 9.10. The van der Waals surface area contributed by atoms with Crippen LogP contribution < -0.4 is 0 Å². The lowest BCUT2D eigenvalue weighted by molar-refractivity contribution is -0.140. The molecule has 0 aliphatic heterocycles. The minimum atomic E-state index is 0.124. The summed E-state index contributed by atoms with van der Waals surface area (Å²) >= 11 is 0. The number of rotatable bonds is 1. The summed E-state index contributed by atoms with van der Waals surface area (Å²) in [6.45, 7) is 2.41. The molecule has 4 aliphatic carbocycles. The minimum absolute atomic E-state index is 0.124. The highest BCUT2D eigenvalue weighted by atomic mass is 16.1. The summed E-state index contributed by atoms with van der Waals surface area (Å²) in [7, 11) is 0. The van der Waals surface area contributed by atoms with Crippen molar-refractivity contribution in [1.29, 1.82) is 0 Å². The largest absolute Gasteiger partial charge is 0.303 e. The van der Waals surface area contributed by atoms with E-state index in [0.29, 0.717) is 5.41 Å². The lowest BCUT2D eigenvalue weighted by Crippen LogP contribution is -2.51. The molecule has 2 atom stereocenters. The predicted octanol–water partition coefficient (Wildman–Crippen LogP) is 2.79. The first-order valence-electron chi connectivity index (χ1n) is 5.60. The van der Waals surface area contributed by atoms with Gasteiger partial charge in [0, 0.05) is 5.41 Å². The standard InChI is InChI=1S/C12H18O/c1-11-3-9-2-10(4-11)6-12(5-9,7-11)8-13/h8-10H,2-7H2,1H3. The van der Waals surface area contributed by atoms with E-state index in [2.05, 4.69) is 6.92 Å². The second-order valence-electron chi connectivity index (χ2n) is 6.25. The van der Waals surface area contributed by atoms with Crippen molar-refractivity contribution in [2.45, 2.75) is 45.4 Å². The van der Waals surface area contributed by atoms with Gasteiger partial charge in [0.05, 0.1) is 0 Å². The van der Waals surface area contributed by atoms with Gasteiger partial charge in [-0.2, -0.15) is 0 Å². The van der Waals surface area contributed by atoms with Gasteiger partial charge in [-0.3, -0.25) is 0 Å². The molecular formula is C12H18O. The Kier molecular flexibility index (Phi) is 1.35. The van der Waals surface area contributed by atoms with E-state index in [1.165, 1.54) is 44.8 Å². The molecule has 0 N–H and O–H groups in total. The Bertz CT molecular complexity index is 242. The zero-order valence-electron chi connectivity index (χ0n) is 8.38. The maximum atomic E-state index is 11.2. The first-order chi connectivity index (χ1) is 6.13. The van der Waals surface area contributed by atoms with Crippen LogP contribution in [0, 0.1) is 22.7 Å². The van der Waals surface area contributed by atoms with Crippen LogP contribution in [-0.2, 0) is 4.79 Å². The number of aldehydes is 1. The molecule has 4 saturated carbocycles. The van der Waals surface area contributed by atoms with Gasteiger partial charge in [0.1, 0.15) is 6.29 Å². The molecule has 4 fully saturated rings. The van der Waals surface area contributed by atoms with E-state index in [1.807, 2.05) is 0 Å². The molecule has 72 valence electrons. The normalized spacial score (nSPS) is 58.2. The van der Waals surface area contributed by atoms with Crippen LogP contribution in [0.1, 0.15) is 45.4 Å². The molecule has 1 nitrogen and oxygen atoms in total. The van der Waals surface area contributed by atoms with E-state index in [0.717, 1.165) is 11.8 Å². The third-order valence-corrected chi connectivity index (χ3v) is 4.65. The van der Waals surface area contributed by atoms with E-state index in [4.69, 9.17) is 0 Å². The number of carbonyl (C=O) groups is 1. The van der Waals surface area contributed by atoms with Gasteiger partial charge in [-0.05, 0) is 55.8 Å². The fourth-order valence-corrected chi connectivity index (χ4v) is 4.94. The Hall–Kier alpha value is -0.330. The summed E-state index contributed by atoms with van der Waals surface area (Å²) in [4.78, 5) is 11.2. The molecule has 0 heterocycles. The fraction of sp³-hybridized carbons (Fsp3) is 0.917. The SMILES string of the molecule is CC12CC3CC(C1)CC(C=O)(C3)C2. The smallest absolute Gasteiger partial charge is 0.126 e. The van der Waals surface area contributed by atoms with Crippen LogP contribution >= 0.6 is 0 Å². The summed E-state index contributed by atoms with van der Waals surface area (Å²) in [5.41, 5.74) is 0.657. The van der Waals surface area contributed by atoms with Gasteiger partial charge in [0.15, 0.2) is 0 Å². The van der Waals surface area contributed by atoms with Crippen LogP contribution in [0.3, 0.4) is 0 Å². The third kappa shape index (κ3) is 1.02. The van der Waals surface area contributed by atoms with Gasteiger partial charge >= 0.3 is 0 Å². The van der Waals surface area contributed by atoms with E-state index in [1.54, 1.807) is 0 Å². The second kappa shape index (κ2) is 2.18. The Morgan fingerprint density at radius 1 is 1.15 bits per heavy atom. The van der Waals surface area contributed by atoms with Crippen molar-refractivity contribution in [1.82, 2.24) is 0 Å². The second-order valence-corrected chi connectivity index (χ2v) is 6.25. The molecule has 13 heavy (non-hydrogen) atoms. The molecule has 0 aromatic heterocycles. The minimum Gasteiger partial charge on any atom is -0.303 e. The molecule has 0 amide bonds. The predicted molar refractivity (Wildman–Crippen MR) is 51.3 cm³/mol. The van der Waals surface area contributed by atoms with Gasteiger partial charge in [0.2, 0.25) is 0 Å². The van der Waals surface area contributed by atoms with Gasteiger partial charge in [0.25, 0.3) is 0 Å². The Labute approximate surface area is 79.9 Å². The van der Waals surface area contributed by atoms with Crippen molar-refractivity contribution in [3.63, 3.8) is 0 Å². The lowest BCUT2D eigenvalue weighted by Gasteiger charge is -2.59. The van der Waals surface area contributed by atoms with Crippen LogP contribution in [0.2, 0.25) is 0 Å². The first-order valence-corrected chi connectivity index (χ1v) is 5.60.